The van der Waals surface area contributed by atoms with Gasteiger partial charge in [0.15, 0.2) is 0 Å². The van der Waals surface area contributed by atoms with Gasteiger partial charge in [-0.05, 0) is 12.8 Å². The zero-order chi connectivity index (χ0) is 16.0. The summed E-state index contributed by atoms with van der Waals surface area (Å²) in [6.45, 7) is 0. The molecule has 0 heterocycles. The second-order valence-corrected chi connectivity index (χ2v) is 10.2. The fourth-order valence-electron chi connectivity index (χ4n) is 2.44. The van der Waals surface area contributed by atoms with Crippen LogP contribution in [0.3, 0.4) is 0 Å². The van der Waals surface area contributed by atoms with Gasteiger partial charge in [0, 0.05) is 50.2 Å². The van der Waals surface area contributed by atoms with Crippen molar-refractivity contribution in [1.82, 2.24) is 0 Å². The minimum Gasteiger partial charge on any atom is -0.377 e. The van der Waals surface area contributed by atoms with Crippen LogP contribution in [-0.2, 0) is 24.1 Å². The quantitative estimate of drug-likeness (QED) is 0.337. The van der Waals surface area contributed by atoms with Crippen molar-refractivity contribution in [3.05, 3.63) is 0 Å². The molecular formula is C15H34O4SSi. The molecule has 1 atom stereocenters. The zero-order valence-electron chi connectivity index (χ0n) is 14.3. The van der Waals surface area contributed by atoms with Gasteiger partial charge < -0.3 is 13.3 Å². The molecule has 0 spiro atoms. The molecule has 6 heteroatoms. The Morgan fingerprint density at radius 1 is 0.714 bits per heavy atom. The van der Waals surface area contributed by atoms with Crippen molar-refractivity contribution in [2.45, 2.75) is 63.8 Å². The molecular weight excluding hydrogens is 304 g/mol. The third-order valence-electron chi connectivity index (χ3n) is 3.85. The van der Waals surface area contributed by atoms with E-state index in [1.165, 1.54) is 44.9 Å². The van der Waals surface area contributed by atoms with Gasteiger partial charge in [0.1, 0.15) is 0 Å². The van der Waals surface area contributed by atoms with Gasteiger partial charge in [-0.2, -0.15) is 0 Å². The van der Waals surface area contributed by atoms with Crippen LogP contribution in [0.1, 0.15) is 57.8 Å². The number of unbranched alkanes of at least 4 members (excludes halogenated alkanes) is 8. The maximum Gasteiger partial charge on any atom is 0.500 e. The Bertz CT molecular complexity index is 252. The first kappa shape index (κ1) is 21.2. The molecule has 1 unspecified atom stereocenters. The van der Waals surface area contributed by atoms with Crippen LogP contribution >= 0.6 is 0 Å². The fraction of sp³-hybridized carbons (Fsp3) is 1.00. The van der Waals surface area contributed by atoms with Gasteiger partial charge in [-0.3, -0.25) is 4.21 Å². The van der Waals surface area contributed by atoms with Crippen LogP contribution < -0.4 is 0 Å². The zero-order valence-corrected chi connectivity index (χ0v) is 16.1. The lowest BCUT2D eigenvalue weighted by atomic mass is 10.1. The van der Waals surface area contributed by atoms with Gasteiger partial charge in [0.25, 0.3) is 0 Å². The van der Waals surface area contributed by atoms with Crippen LogP contribution in [-0.4, -0.2) is 46.4 Å². The maximum atomic E-state index is 10.9. The van der Waals surface area contributed by atoms with Crippen molar-refractivity contribution in [3.8, 4) is 0 Å². The molecule has 0 saturated carbocycles. The van der Waals surface area contributed by atoms with E-state index < -0.39 is 19.6 Å². The molecule has 0 fully saturated rings. The minimum absolute atomic E-state index is 0.616. The highest BCUT2D eigenvalue weighted by atomic mass is 32.2. The van der Waals surface area contributed by atoms with Crippen LogP contribution in [0.15, 0.2) is 0 Å². The second kappa shape index (κ2) is 13.9. The van der Waals surface area contributed by atoms with Crippen LogP contribution in [0.25, 0.3) is 0 Å². The Balaban J connectivity index is 3.34. The van der Waals surface area contributed by atoms with Gasteiger partial charge in [-0.25, -0.2) is 0 Å². The number of hydrogen-bond acceptors (Lipinski definition) is 4. The van der Waals surface area contributed by atoms with Crippen molar-refractivity contribution in [2.24, 2.45) is 0 Å². The third kappa shape index (κ3) is 11.5. The van der Waals surface area contributed by atoms with Crippen LogP contribution in [0.4, 0.5) is 0 Å². The molecule has 0 aromatic rings. The van der Waals surface area contributed by atoms with Gasteiger partial charge in [-0.1, -0.05) is 44.9 Å². The summed E-state index contributed by atoms with van der Waals surface area (Å²) in [5, 5.41) is 0. The average molecular weight is 339 g/mol. The highest BCUT2D eigenvalue weighted by Gasteiger charge is 2.36. The Morgan fingerprint density at radius 2 is 1.10 bits per heavy atom. The molecule has 4 nitrogen and oxygen atoms in total. The van der Waals surface area contributed by atoms with Crippen molar-refractivity contribution < 1.29 is 17.5 Å². The molecule has 0 N–H and O–H groups in total. The van der Waals surface area contributed by atoms with Gasteiger partial charge in [0.2, 0.25) is 0 Å². The fourth-order valence-corrected chi connectivity index (χ4v) is 4.85. The molecule has 0 amide bonds. The summed E-state index contributed by atoms with van der Waals surface area (Å²) in [6.07, 6.45) is 13.0. The van der Waals surface area contributed by atoms with Crippen LogP contribution in [0.5, 0.6) is 0 Å². The molecule has 0 aromatic carbocycles. The molecule has 0 aliphatic carbocycles. The van der Waals surface area contributed by atoms with Crippen LogP contribution in [0.2, 0.25) is 6.04 Å². The largest absolute Gasteiger partial charge is 0.500 e. The highest BCUT2D eigenvalue weighted by molar-refractivity contribution is 7.84. The molecule has 0 radical (unpaired) electrons. The molecule has 0 bridgehead atoms. The van der Waals surface area contributed by atoms with E-state index in [1.54, 1.807) is 27.6 Å². The van der Waals surface area contributed by atoms with Crippen molar-refractivity contribution in [1.29, 1.82) is 0 Å². The standard InChI is InChI=1S/C15H34O4SSi/c1-17-21(18-2,19-3)15-13-11-9-7-5-6-8-10-12-14-20(4)16/h5-15H2,1-4H3. The van der Waals surface area contributed by atoms with E-state index in [0.29, 0.717) is 0 Å². The van der Waals surface area contributed by atoms with Crippen LogP contribution in [0, 0.1) is 0 Å². The molecule has 0 aromatic heterocycles. The van der Waals surface area contributed by atoms with E-state index in [9.17, 15) is 4.21 Å². The van der Waals surface area contributed by atoms with Gasteiger partial charge >= 0.3 is 8.80 Å². The van der Waals surface area contributed by atoms with E-state index in [1.807, 2.05) is 0 Å². The Labute approximate surface area is 134 Å². The number of rotatable bonds is 15. The Morgan fingerprint density at radius 3 is 1.48 bits per heavy atom. The summed E-state index contributed by atoms with van der Waals surface area (Å²) in [5.74, 6) is 0.865. The topological polar surface area (TPSA) is 44.8 Å². The molecule has 21 heavy (non-hydrogen) atoms. The Kier molecular flexibility index (Phi) is 14.0. The van der Waals surface area contributed by atoms with Crippen molar-refractivity contribution >= 4 is 19.6 Å². The first-order valence-electron chi connectivity index (χ1n) is 8.05. The van der Waals surface area contributed by atoms with Crippen molar-refractivity contribution in [3.63, 3.8) is 0 Å². The normalized spacial score (nSPS) is 13.5. The SMILES string of the molecule is CO[Si](CCCCCCCCCCCS(C)=O)(OC)OC. The summed E-state index contributed by atoms with van der Waals surface area (Å²) in [5.41, 5.74) is 0. The highest BCUT2D eigenvalue weighted by Crippen LogP contribution is 2.18. The minimum atomic E-state index is -2.34. The molecule has 0 aliphatic heterocycles. The maximum absolute atomic E-state index is 10.9. The smallest absolute Gasteiger partial charge is 0.377 e. The lowest BCUT2D eigenvalue weighted by Crippen LogP contribution is -2.42. The predicted molar refractivity (Wildman–Crippen MR) is 92.1 cm³/mol. The second-order valence-electron chi connectivity index (χ2n) is 5.50. The number of hydrogen-bond donors (Lipinski definition) is 0. The van der Waals surface area contributed by atoms with Gasteiger partial charge in [-0.15, -0.1) is 0 Å². The van der Waals surface area contributed by atoms with E-state index in [2.05, 4.69) is 0 Å². The van der Waals surface area contributed by atoms with E-state index >= 15 is 0 Å². The van der Waals surface area contributed by atoms with E-state index in [-0.39, 0.29) is 0 Å². The van der Waals surface area contributed by atoms with E-state index in [0.717, 1.165) is 24.6 Å². The molecule has 0 saturated heterocycles. The van der Waals surface area contributed by atoms with E-state index in [4.69, 9.17) is 13.3 Å². The molecule has 0 aliphatic rings. The summed E-state index contributed by atoms with van der Waals surface area (Å²) in [4.78, 5) is 0. The lowest BCUT2D eigenvalue weighted by molar-refractivity contribution is 0.122. The molecule has 128 valence electrons. The van der Waals surface area contributed by atoms with Gasteiger partial charge in [0.05, 0.1) is 0 Å². The summed E-state index contributed by atoms with van der Waals surface area (Å²) in [6, 6.07) is 0.907. The summed E-state index contributed by atoms with van der Waals surface area (Å²) in [7, 11) is 2.06. The summed E-state index contributed by atoms with van der Waals surface area (Å²) >= 11 is 0. The Hall–Kier alpha value is 0.247. The first-order chi connectivity index (χ1) is 10.1. The summed E-state index contributed by atoms with van der Waals surface area (Å²) < 4.78 is 27.1. The van der Waals surface area contributed by atoms with Crippen molar-refractivity contribution in [2.75, 3.05) is 33.3 Å². The first-order valence-corrected chi connectivity index (χ1v) is 11.7. The average Bonchev–Trinajstić information content (AvgIpc) is 2.49. The lowest BCUT2D eigenvalue weighted by Gasteiger charge is -2.24. The third-order valence-corrected chi connectivity index (χ3v) is 7.54. The molecule has 0 rings (SSSR count). The predicted octanol–water partition coefficient (Wildman–Crippen LogP) is 3.75. The monoisotopic (exact) mass is 338 g/mol.